The quantitative estimate of drug-likeness (QED) is 0.504. The predicted octanol–water partition coefficient (Wildman–Crippen LogP) is 4.67. The van der Waals surface area contributed by atoms with E-state index >= 15 is 0 Å². The van der Waals surface area contributed by atoms with Crippen LogP contribution in [0.25, 0.3) is 0 Å². The molecule has 2 N–H and O–H groups in total. The van der Waals surface area contributed by atoms with Crippen molar-refractivity contribution < 1.29 is 23.5 Å². The van der Waals surface area contributed by atoms with Gasteiger partial charge in [-0.15, -0.1) is 0 Å². The molecule has 2 aromatic rings. The maximum Gasteiger partial charge on any atom is 0.246 e. The molecule has 2 aromatic carbocycles. The summed E-state index contributed by atoms with van der Waals surface area (Å²) in [7, 11) is 0. The van der Waals surface area contributed by atoms with Gasteiger partial charge in [0.25, 0.3) is 0 Å². The Hall–Kier alpha value is -3.52. The largest absolute Gasteiger partial charge is 0.359 e. The number of aryl methyl sites for hydroxylation is 2. The number of halogens is 1. The number of fused-ring (bicyclic) bond motifs is 1. The fourth-order valence-corrected chi connectivity index (χ4v) is 7.57. The van der Waals surface area contributed by atoms with E-state index in [1.165, 1.54) is 11.0 Å². The molecule has 7 nitrogen and oxygen atoms in total. The maximum absolute atomic E-state index is 14.8. The van der Waals surface area contributed by atoms with Crippen molar-refractivity contribution in [3.63, 3.8) is 0 Å². The number of ether oxygens (including phenoxy) is 1. The number of rotatable bonds is 6. The van der Waals surface area contributed by atoms with Gasteiger partial charge in [0, 0.05) is 23.8 Å². The second kappa shape index (κ2) is 10.4. The number of carbonyl (C=O) groups is 3. The Morgan fingerprint density at radius 2 is 1.80 bits per heavy atom. The first-order valence-electron chi connectivity index (χ1n) is 14.7. The van der Waals surface area contributed by atoms with Gasteiger partial charge in [-0.3, -0.25) is 14.4 Å². The molecule has 4 aliphatic rings. The zero-order chi connectivity index (χ0) is 29.1. The summed E-state index contributed by atoms with van der Waals surface area (Å²) in [6, 6.07) is 11.0. The molecule has 1 aliphatic carbocycles. The van der Waals surface area contributed by atoms with Crippen molar-refractivity contribution in [3.05, 3.63) is 77.1 Å². The van der Waals surface area contributed by atoms with Gasteiger partial charge in [-0.05, 0) is 61.4 Å². The maximum atomic E-state index is 14.8. The molecule has 6 rings (SSSR count). The monoisotopic (exact) mass is 559 g/mol. The van der Waals surface area contributed by atoms with Gasteiger partial charge in [-0.25, -0.2) is 4.39 Å². The van der Waals surface area contributed by atoms with Crippen LogP contribution >= 0.6 is 0 Å². The molecule has 1 spiro atoms. The summed E-state index contributed by atoms with van der Waals surface area (Å²) in [6.45, 7) is 8.17. The first-order valence-corrected chi connectivity index (χ1v) is 14.7. The molecule has 2 saturated heterocycles. The van der Waals surface area contributed by atoms with Crippen molar-refractivity contribution in [1.29, 1.82) is 0 Å². The predicted molar refractivity (Wildman–Crippen MR) is 153 cm³/mol. The van der Waals surface area contributed by atoms with Crippen LogP contribution < -0.4 is 10.6 Å². The van der Waals surface area contributed by atoms with Gasteiger partial charge in [0.1, 0.15) is 17.5 Å². The smallest absolute Gasteiger partial charge is 0.246 e. The van der Waals surface area contributed by atoms with Crippen molar-refractivity contribution in [2.24, 2.45) is 23.7 Å². The number of likely N-dealkylation sites (tertiary alicyclic amines) is 1. The zero-order valence-electron chi connectivity index (χ0n) is 24.0. The molecule has 216 valence electrons. The van der Waals surface area contributed by atoms with E-state index in [-0.39, 0.29) is 36.2 Å². The minimum absolute atomic E-state index is 0.0293. The van der Waals surface area contributed by atoms with E-state index in [1.807, 2.05) is 32.0 Å². The number of anilines is 1. The van der Waals surface area contributed by atoms with Crippen LogP contribution in [0.5, 0.6) is 0 Å². The van der Waals surface area contributed by atoms with Crippen LogP contribution in [0.2, 0.25) is 0 Å². The summed E-state index contributed by atoms with van der Waals surface area (Å²) in [5, 5.41) is 6.23. The molecular weight excluding hydrogens is 521 g/mol. The highest BCUT2D eigenvalue weighted by Crippen LogP contribution is 2.55. The average Bonchev–Trinajstić information content (AvgIpc) is 3.55. The Morgan fingerprint density at radius 1 is 1.07 bits per heavy atom. The topological polar surface area (TPSA) is 87.7 Å². The van der Waals surface area contributed by atoms with E-state index < -0.39 is 35.4 Å². The molecule has 0 unspecified atom stereocenters. The lowest BCUT2D eigenvalue weighted by molar-refractivity contribution is -0.142. The van der Waals surface area contributed by atoms with Gasteiger partial charge in [0.2, 0.25) is 17.7 Å². The van der Waals surface area contributed by atoms with Crippen molar-refractivity contribution in [3.8, 4) is 0 Å². The van der Waals surface area contributed by atoms with Gasteiger partial charge in [0.05, 0.1) is 17.9 Å². The van der Waals surface area contributed by atoms with E-state index in [9.17, 15) is 18.8 Å². The molecule has 41 heavy (non-hydrogen) atoms. The summed E-state index contributed by atoms with van der Waals surface area (Å²) in [5.41, 5.74) is 1.68. The number of benzene rings is 2. The minimum Gasteiger partial charge on any atom is -0.359 e. The molecule has 1 saturated carbocycles. The summed E-state index contributed by atoms with van der Waals surface area (Å²) in [6.07, 6.45) is 5.96. The molecule has 0 aromatic heterocycles. The first-order chi connectivity index (χ1) is 19.6. The lowest BCUT2D eigenvalue weighted by atomic mass is 9.73. The Balaban J connectivity index is 1.34. The third-order valence-corrected chi connectivity index (χ3v) is 9.75. The Morgan fingerprint density at radius 3 is 2.54 bits per heavy atom. The summed E-state index contributed by atoms with van der Waals surface area (Å²) in [5.74, 6) is -2.42. The summed E-state index contributed by atoms with van der Waals surface area (Å²) in [4.78, 5) is 43.5. The molecular formula is C33H38FN3O4. The van der Waals surface area contributed by atoms with Gasteiger partial charge >= 0.3 is 0 Å². The number of nitrogens with one attached hydrogen (secondary N) is 2. The van der Waals surface area contributed by atoms with Crippen LogP contribution in [-0.4, -0.2) is 46.4 Å². The van der Waals surface area contributed by atoms with Crippen molar-refractivity contribution >= 4 is 23.4 Å². The molecule has 3 heterocycles. The lowest BCUT2D eigenvalue weighted by Gasteiger charge is -2.38. The summed E-state index contributed by atoms with van der Waals surface area (Å²) >= 11 is 0. The SMILES string of the molecule is Cc1cc(C)cc(NC(=O)[C@@H]2[C@@H]3C=C[C@]4(O3)[C@@H]2C(=O)N(Cc2ccccc2F)[C@H]4C(=O)N[C@@H]2CCC[C@@H](C)[C@H]2C)c1. The number of hydrogen-bond donors (Lipinski definition) is 2. The van der Waals surface area contributed by atoms with E-state index in [0.717, 1.165) is 30.4 Å². The fraction of sp³-hybridized carbons (Fsp3) is 0.485. The van der Waals surface area contributed by atoms with Crippen LogP contribution in [0.15, 0.2) is 54.6 Å². The van der Waals surface area contributed by atoms with Gasteiger partial charge in [-0.2, -0.15) is 0 Å². The van der Waals surface area contributed by atoms with Crippen LogP contribution in [0.1, 0.15) is 49.8 Å². The second-order valence-electron chi connectivity index (χ2n) is 12.5. The zero-order valence-corrected chi connectivity index (χ0v) is 24.0. The van der Waals surface area contributed by atoms with Crippen LogP contribution in [0.3, 0.4) is 0 Å². The highest BCUT2D eigenvalue weighted by molar-refractivity contribution is 6.02. The molecule has 2 bridgehead atoms. The van der Waals surface area contributed by atoms with Crippen LogP contribution in [0.4, 0.5) is 10.1 Å². The number of nitrogens with zero attached hydrogens (tertiary/aromatic N) is 1. The molecule has 3 aliphatic heterocycles. The molecule has 8 heteroatoms. The standard InChI is InChI=1S/C33H38FN3O4/c1-18-14-19(2)16-23(15-18)35-30(38)27-26-12-13-33(41-26)28(27)32(40)37(17-22-9-5-6-10-24(22)34)29(33)31(39)36-25-11-7-8-20(3)21(25)4/h5-6,9-10,12-16,20-21,25-29H,7-8,11,17H2,1-4H3,(H,35,38)(H,36,39)/t20-,21-,25-,26+,27-,28+,29+,33+/m1/s1. The van der Waals surface area contributed by atoms with E-state index in [1.54, 1.807) is 30.4 Å². The highest BCUT2D eigenvalue weighted by atomic mass is 19.1. The number of amides is 3. The van der Waals surface area contributed by atoms with Crippen molar-refractivity contribution in [2.75, 3.05) is 5.32 Å². The summed E-state index contributed by atoms with van der Waals surface area (Å²) < 4.78 is 21.3. The lowest BCUT2D eigenvalue weighted by Crippen LogP contribution is -2.57. The molecule has 0 radical (unpaired) electrons. The Labute approximate surface area is 240 Å². The minimum atomic E-state index is -1.30. The molecule has 3 amide bonds. The van der Waals surface area contributed by atoms with Crippen molar-refractivity contribution in [2.45, 2.75) is 77.3 Å². The van der Waals surface area contributed by atoms with E-state index in [2.05, 4.69) is 24.5 Å². The fourth-order valence-electron chi connectivity index (χ4n) is 7.57. The van der Waals surface area contributed by atoms with Crippen LogP contribution in [-0.2, 0) is 25.7 Å². The third-order valence-electron chi connectivity index (χ3n) is 9.75. The first kappa shape index (κ1) is 27.6. The second-order valence-corrected chi connectivity index (χ2v) is 12.5. The van der Waals surface area contributed by atoms with Crippen LogP contribution in [0, 0.1) is 43.3 Å². The average molecular weight is 560 g/mol. The van der Waals surface area contributed by atoms with Gasteiger partial charge in [-0.1, -0.05) is 63.1 Å². The van der Waals surface area contributed by atoms with Gasteiger partial charge in [0.15, 0.2) is 0 Å². The van der Waals surface area contributed by atoms with E-state index in [0.29, 0.717) is 17.2 Å². The Kier molecular flexibility index (Phi) is 7.00. The van der Waals surface area contributed by atoms with Crippen molar-refractivity contribution in [1.82, 2.24) is 10.2 Å². The Bertz CT molecular complexity index is 1400. The third kappa shape index (κ3) is 4.66. The highest BCUT2D eigenvalue weighted by Gasteiger charge is 2.72. The normalized spacial score (nSPS) is 33.6. The molecule has 3 fully saturated rings. The number of carbonyl (C=O) groups excluding carboxylic acids is 3. The molecule has 8 atom stereocenters. The number of hydrogen-bond acceptors (Lipinski definition) is 4. The van der Waals surface area contributed by atoms with Gasteiger partial charge < -0.3 is 20.3 Å². The van der Waals surface area contributed by atoms with E-state index in [4.69, 9.17) is 4.74 Å².